The molecular weight excluding hydrogens is 322 g/mol. The third-order valence-electron chi connectivity index (χ3n) is 4.94. The Morgan fingerprint density at radius 1 is 1.04 bits per heavy atom. The highest BCUT2D eigenvalue weighted by molar-refractivity contribution is 5.87. The van der Waals surface area contributed by atoms with E-state index >= 15 is 0 Å². The number of hydrogen-bond acceptors (Lipinski definition) is 3. The lowest BCUT2D eigenvalue weighted by atomic mass is 9.87. The van der Waals surface area contributed by atoms with Gasteiger partial charge in [0.1, 0.15) is 11.5 Å². The second-order valence-electron chi connectivity index (χ2n) is 6.56. The minimum absolute atomic E-state index is 0.227. The lowest BCUT2D eigenvalue weighted by molar-refractivity contribution is 0.340. The lowest BCUT2D eigenvalue weighted by Crippen LogP contribution is -2.17. The third kappa shape index (κ3) is 3.68. The fourth-order valence-corrected chi connectivity index (χ4v) is 3.65. The second-order valence-corrected chi connectivity index (χ2v) is 6.56. The normalized spacial score (nSPS) is 12.2. The van der Waals surface area contributed by atoms with Gasteiger partial charge in [0.2, 0.25) is 0 Å². The van der Waals surface area contributed by atoms with Crippen molar-refractivity contribution in [3.63, 3.8) is 0 Å². The van der Waals surface area contributed by atoms with E-state index in [1.165, 1.54) is 27.5 Å². The van der Waals surface area contributed by atoms with Gasteiger partial charge in [0.15, 0.2) is 0 Å². The van der Waals surface area contributed by atoms with E-state index in [0.29, 0.717) is 13.2 Å². The van der Waals surface area contributed by atoms with Crippen LogP contribution in [0.5, 0.6) is 11.5 Å². The molecule has 0 radical (unpaired) electrons. The molecule has 3 nitrogen and oxygen atoms in total. The van der Waals surface area contributed by atoms with Crippen LogP contribution in [0.1, 0.15) is 29.5 Å². The van der Waals surface area contributed by atoms with Crippen molar-refractivity contribution in [1.29, 1.82) is 0 Å². The zero-order valence-electron chi connectivity index (χ0n) is 15.8. The van der Waals surface area contributed by atoms with Crippen LogP contribution in [0.15, 0.2) is 54.6 Å². The van der Waals surface area contributed by atoms with E-state index in [1.54, 1.807) is 7.11 Å². The maximum atomic E-state index is 6.18. The van der Waals surface area contributed by atoms with Crippen molar-refractivity contribution in [1.82, 2.24) is 0 Å². The molecular formula is C23H27NO2. The molecule has 0 heterocycles. The number of benzene rings is 3. The molecule has 2 N–H and O–H groups in total. The van der Waals surface area contributed by atoms with Crippen LogP contribution in [0.2, 0.25) is 0 Å². The Morgan fingerprint density at radius 2 is 1.85 bits per heavy atom. The molecule has 0 saturated carbocycles. The summed E-state index contributed by atoms with van der Waals surface area (Å²) in [5.74, 6) is 2.06. The summed E-state index contributed by atoms with van der Waals surface area (Å²) in [4.78, 5) is 0. The highest BCUT2D eigenvalue weighted by Gasteiger charge is 2.18. The van der Waals surface area contributed by atoms with Crippen LogP contribution >= 0.6 is 0 Å². The Kier molecular flexibility index (Phi) is 5.79. The third-order valence-corrected chi connectivity index (χ3v) is 4.94. The number of ether oxygens (including phenoxy) is 2. The van der Waals surface area contributed by atoms with Gasteiger partial charge in [-0.05, 0) is 66.9 Å². The van der Waals surface area contributed by atoms with Crippen LogP contribution in [0.3, 0.4) is 0 Å². The fraction of sp³-hybridized carbons (Fsp3) is 0.304. The molecule has 0 bridgehead atoms. The molecule has 0 spiro atoms. The molecule has 0 amide bonds. The summed E-state index contributed by atoms with van der Waals surface area (Å²) in [7, 11) is 1.73. The first-order chi connectivity index (χ1) is 12.7. The molecule has 0 fully saturated rings. The van der Waals surface area contributed by atoms with Gasteiger partial charge in [-0.3, -0.25) is 0 Å². The number of fused-ring (bicyclic) bond motifs is 1. The molecule has 1 unspecified atom stereocenters. The molecule has 26 heavy (non-hydrogen) atoms. The number of rotatable bonds is 7. The predicted octanol–water partition coefficient (Wildman–Crippen LogP) is 4.84. The fourth-order valence-electron chi connectivity index (χ4n) is 3.65. The van der Waals surface area contributed by atoms with Crippen LogP contribution in [0, 0.1) is 6.92 Å². The topological polar surface area (TPSA) is 44.5 Å². The monoisotopic (exact) mass is 349 g/mol. The summed E-state index contributed by atoms with van der Waals surface area (Å²) in [6.07, 6.45) is 0.843. The van der Waals surface area contributed by atoms with Crippen molar-refractivity contribution < 1.29 is 9.47 Å². The molecule has 0 aliphatic heterocycles. The molecule has 3 heteroatoms. The summed E-state index contributed by atoms with van der Waals surface area (Å²) < 4.78 is 11.3. The van der Waals surface area contributed by atoms with Crippen molar-refractivity contribution in [2.75, 3.05) is 20.3 Å². The summed E-state index contributed by atoms with van der Waals surface area (Å²) in [6.45, 7) is 5.38. The van der Waals surface area contributed by atoms with Gasteiger partial charge in [-0.25, -0.2) is 0 Å². The minimum Gasteiger partial charge on any atom is -0.496 e. The first-order valence-corrected chi connectivity index (χ1v) is 9.16. The summed E-state index contributed by atoms with van der Waals surface area (Å²) in [5.41, 5.74) is 9.88. The van der Waals surface area contributed by atoms with Crippen LogP contribution in [-0.4, -0.2) is 20.3 Å². The van der Waals surface area contributed by atoms with Crippen LogP contribution in [0.25, 0.3) is 10.8 Å². The second kappa shape index (κ2) is 8.24. The van der Waals surface area contributed by atoms with E-state index < -0.39 is 0 Å². The van der Waals surface area contributed by atoms with E-state index in [0.717, 1.165) is 17.9 Å². The van der Waals surface area contributed by atoms with Crippen molar-refractivity contribution >= 4 is 10.8 Å². The van der Waals surface area contributed by atoms with E-state index in [1.807, 2.05) is 13.0 Å². The summed E-state index contributed by atoms with van der Waals surface area (Å²) in [5, 5.41) is 2.45. The van der Waals surface area contributed by atoms with E-state index in [2.05, 4.69) is 55.5 Å². The van der Waals surface area contributed by atoms with Gasteiger partial charge in [-0.2, -0.15) is 0 Å². The molecule has 136 valence electrons. The Morgan fingerprint density at radius 3 is 2.54 bits per heavy atom. The SMILES string of the molecule is CCOc1ccc(C(CN)Cc2c(OC)ccc3ccccc23)c(C)c1. The summed E-state index contributed by atoms with van der Waals surface area (Å²) >= 11 is 0. The molecule has 3 rings (SSSR count). The molecule has 0 saturated heterocycles. The number of methoxy groups -OCH3 is 1. The largest absolute Gasteiger partial charge is 0.496 e. The molecule has 1 atom stereocenters. The Hall–Kier alpha value is -2.52. The molecule has 0 aromatic heterocycles. The van der Waals surface area contributed by atoms with Crippen LogP contribution < -0.4 is 15.2 Å². The van der Waals surface area contributed by atoms with E-state index in [9.17, 15) is 0 Å². The maximum Gasteiger partial charge on any atom is 0.122 e. The first-order valence-electron chi connectivity index (χ1n) is 9.16. The number of aryl methyl sites for hydroxylation is 1. The Labute approximate surface area is 155 Å². The number of hydrogen-bond donors (Lipinski definition) is 1. The zero-order valence-corrected chi connectivity index (χ0v) is 15.8. The van der Waals surface area contributed by atoms with Gasteiger partial charge >= 0.3 is 0 Å². The van der Waals surface area contributed by atoms with Crippen molar-refractivity contribution in [2.24, 2.45) is 5.73 Å². The van der Waals surface area contributed by atoms with Crippen molar-refractivity contribution in [3.8, 4) is 11.5 Å². The van der Waals surface area contributed by atoms with Gasteiger partial charge in [0.25, 0.3) is 0 Å². The van der Waals surface area contributed by atoms with Gasteiger partial charge in [-0.15, -0.1) is 0 Å². The maximum absolute atomic E-state index is 6.18. The van der Waals surface area contributed by atoms with Crippen molar-refractivity contribution in [3.05, 3.63) is 71.3 Å². The molecule has 0 aliphatic rings. The zero-order chi connectivity index (χ0) is 18.5. The van der Waals surface area contributed by atoms with Gasteiger partial charge in [0, 0.05) is 11.5 Å². The quantitative estimate of drug-likeness (QED) is 0.664. The first kappa shape index (κ1) is 18.3. The number of nitrogens with two attached hydrogens (primary N) is 1. The standard InChI is InChI=1S/C23H27NO2/c1-4-26-19-10-11-20(16(2)13-19)18(15-24)14-22-21-8-6-5-7-17(21)9-12-23(22)25-3/h5-13,18H,4,14-15,24H2,1-3H3. The van der Waals surface area contributed by atoms with E-state index in [4.69, 9.17) is 15.2 Å². The molecule has 3 aromatic carbocycles. The Bertz CT molecular complexity index is 889. The average Bonchev–Trinajstić information content (AvgIpc) is 2.67. The van der Waals surface area contributed by atoms with Gasteiger partial charge < -0.3 is 15.2 Å². The molecule has 3 aromatic rings. The van der Waals surface area contributed by atoms with Crippen LogP contribution in [-0.2, 0) is 6.42 Å². The average molecular weight is 349 g/mol. The Balaban J connectivity index is 2.00. The lowest BCUT2D eigenvalue weighted by Gasteiger charge is -2.21. The minimum atomic E-state index is 0.227. The smallest absolute Gasteiger partial charge is 0.122 e. The highest BCUT2D eigenvalue weighted by Crippen LogP contribution is 2.34. The predicted molar refractivity (Wildman–Crippen MR) is 108 cm³/mol. The molecule has 0 aliphatic carbocycles. The highest BCUT2D eigenvalue weighted by atomic mass is 16.5. The van der Waals surface area contributed by atoms with Gasteiger partial charge in [0.05, 0.1) is 13.7 Å². The van der Waals surface area contributed by atoms with Crippen molar-refractivity contribution in [2.45, 2.75) is 26.2 Å². The van der Waals surface area contributed by atoms with E-state index in [-0.39, 0.29) is 5.92 Å². The van der Waals surface area contributed by atoms with Gasteiger partial charge in [-0.1, -0.05) is 36.4 Å². The summed E-state index contributed by atoms with van der Waals surface area (Å²) in [6, 6.07) is 18.9. The van der Waals surface area contributed by atoms with Crippen LogP contribution in [0.4, 0.5) is 0 Å².